The number of piperidine rings is 1. The van der Waals surface area contributed by atoms with E-state index in [9.17, 15) is 4.57 Å². The first-order valence-corrected chi connectivity index (χ1v) is 6.23. The third kappa shape index (κ3) is 3.37. The molecule has 1 fully saturated rings. The van der Waals surface area contributed by atoms with Crippen LogP contribution in [0, 0.1) is 5.41 Å². The van der Waals surface area contributed by atoms with E-state index in [0.29, 0.717) is 6.54 Å². The quantitative estimate of drug-likeness (QED) is 0.469. The predicted molar refractivity (Wildman–Crippen MR) is 50.5 cm³/mol. The molecule has 0 aromatic heterocycles. The zero-order valence-corrected chi connectivity index (χ0v) is 8.46. The Morgan fingerprint density at radius 1 is 1.38 bits per heavy atom. The molecule has 1 aliphatic rings. The van der Waals surface area contributed by atoms with Crippen LogP contribution >= 0.6 is 7.60 Å². The molecule has 0 unspecified atom stereocenters. The van der Waals surface area contributed by atoms with Gasteiger partial charge in [0.15, 0.2) is 0 Å². The molecule has 13 heavy (non-hydrogen) atoms. The van der Waals surface area contributed by atoms with Gasteiger partial charge in [0.25, 0.3) is 0 Å². The number of nitrogens with two attached hydrogens (primary N) is 1. The van der Waals surface area contributed by atoms with E-state index in [-0.39, 0.29) is 11.6 Å². The Labute approximate surface area is 77.9 Å². The van der Waals surface area contributed by atoms with E-state index in [1.165, 1.54) is 0 Å². The smallest absolute Gasteiger partial charge is 0.326 e. The molecule has 0 aliphatic carbocycles. The molecule has 1 saturated heterocycles. The molecule has 1 aliphatic heterocycles. The highest BCUT2D eigenvalue weighted by atomic mass is 31.2. The van der Waals surface area contributed by atoms with Gasteiger partial charge in [0.05, 0.1) is 6.16 Å². The number of nitrogens with one attached hydrogen (secondary N) is 1. The summed E-state index contributed by atoms with van der Waals surface area (Å²) in [5.74, 6) is 0. The highest BCUT2D eigenvalue weighted by molar-refractivity contribution is 7.51. The molecule has 5 N–H and O–H groups in total. The molecule has 78 valence electrons. The minimum absolute atomic E-state index is 0.0713. The lowest BCUT2D eigenvalue weighted by atomic mass is 9.81. The van der Waals surface area contributed by atoms with Crippen molar-refractivity contribution in [3.05, 3.63) is 0 Å². The molecular weight excluding hydrogens is 191 g/mol. The molecule has 1 heterocycles. The summed E-state index contributed by atoms with van der Waals surface area (Å²) in [5, 5.41) is 3.15. The van der Waals surface area contributed by atoms with Crippen molar-refractivity contribution in [1.29, 1.82) is 0 Å². The summed E-state index contributed by atoms with van der Waals surface area (Å²) in [6.45, 7) is 1.97. The largest absolute Gasteiger partial charge is 0.330 e. The lowest BCUT2D eigenvalue weighted by Gasteiger charge is -2.36. The van der Waals surface area contributed by atoms with Crippen LogP contribution in [-0.4, -0.2) is 35.6 Å². The highest BCUT2D eigenvalue weighted by Crippen LogP contribution is 2.45. The van der Waals surface area contributed by atoms with Crippen molar-refractivity contribution in [3.8, 4) is 0 Å². The van der Waals surface area contributed by atoms with Crippen LogP contribution in [0.5, 0.6) is 0 Å². The van der Waals surface area contributed by atoms with E-state index in [2.05, 4.69) is 5.32 Å². The van der Waals surface area contributed by atoms with Gasteiger partial charge in [0, 0.05) is 0 Å². The van der Waals surface area contributed by atoms with Gasteiger partial charge < -0.3 is 20.8 Å². The lowest BCUT2D eigenvalue weighted by molar-refractivity contribution is 0.226. The third-order valence-electron chi connectivity index (χ3n) is 2.64. The van der Waals surface area contributed by atoms with Gasteiger partial charge in [-0.25, -0.2) is 0 Å². The Balaban J connectivity index is 2.63. The first-order valence-electron chi connectivity index (χ1n) is 4.43. The van der Waals surface area contributed by atoms with E-state index in [0.717, 1.165) is 25.9 Å². The second-order valence-electron chi connectivity index (χ2n) is 3.78. The average molecular weight is 208 g/mol. The van der Waals surface area contributed by atoms with Crippen LogP contribution in [0.25, 0.3) is 0 Å². The van der Waals surface area contributed by atoms with Crippen molar-refractivity contribution < 1.29 is 14.4 Å². The summed E-state index contributed by atoms with van der Waals surface area (Å²) in [5.41, 5.74) is 5.23. The standard InChI is InChI=1S/C7H17N2O3P/c8-5-7(6-13(10,11)12)1-3-9-4-2-7/h9H,1-6,8H2,(H2,10,11,12). The van der Waals surface area contributed by atoms with Crippen LogP contribution in [0.15, 0.2) is 0 Å². The van der Waals surface area contributed by atoms with Crippen molar-refractivity contribution >= 4 is 7.60 Å². The van der Waals surface area contributed by atoms with Gasteiger partial charge in [0.1, 0.15) is 0 Å². The summed E-state index contributed by atoms with van der Waals surface area (Å²) >= 11 is 0. The molecule has 0 bridgehead atoms. The molecule has 0 aromatic carbocycles. The van der Waals surface area contributed by atoms with Gasteiger partial charge in [-0.15, -0.1) is 0 Å². The Morgan fingerprint density at radius 2 is 1.92 bits per heavy atom. The lowest BCUT2D eigenvalue weighted by Crippen LogP contribution is -2.43. The first kappa shape index (κ1) is 11.1. The number of hydrogen-bond donors (Lipinski definition) is 4. The zero-order valence-electron chi connectivity index (χ0n) is 7.57. The molecule has 6 heteroatoms. The molecule has 0 amide bonds. The average Bonchev–Trinajstić information content (AvgIpc) is 2.03. The fraction of sp³-hybridized carbons (Fsp3) is 1.00. The van der Waals surface area contributed by atoms with E-state index >= 15 is 0 Å². The van der Waals surface area contributed by atoms with Crippen LogP contribution < -0.4 is 11.1 Å². The molecule has 0 aromatic rings. The SMILES string of the molecule is NCC1(CP(=O)(O)O)CCNCC1. The summed E-state index contributed by atoms with van der Waals surface area (Å²) in [4.78, 5) is 17.8. The fourth-order valence-corrected chi connectivity index (χ4v) is 3.14. The summed E-state index contributed by atoms with van der Waals surface area (Å²) in [6.07, 6.45) is 1.45. The topological polar surface area (TPSA) is 95.6 Å². The minimum Gasteiger partial charge on any atom is -0.330 e. The minimum atomic E-state index is -3.92. The normalized spacial score (nSPS) is 23.0. The number of hydrogen-bond acceptors (Lipinski definition) is 3. The van der Waals surface area contributed by atoms with Crippen LogP contribution in [0.2, 0.25) is 0 Å². The van der Waals surface area contributed by atoms with E-state index in [1.54, 1.807) is 0 Å². The van der Waals surface area contributed by atoms with Gasteiger partial charge in [-0.3, -0.25) is 4.57 Å². The van der Waals surface area contributed by atoms with Gasteiger partial charge in [-0.1, -0.05) is 0 Å². The van der Waals surface area contributed by atoms with E-state index in [4.69, 9.17) is 15.5 Å². The van der Waals surface area contributed by atoms with Crippen molar-refractivity contribution in [2.75, 3.05) is 25.8 Å². The molecule has 5 nitrogen and oxygen atoms in total. The Bertz CT molecular complexity index is 210. The van der Waals surface area contributed by atoms with Crippen molar-refractivity contribution in [2.24, 2.45) is 11.1 Å². The van der Waals surface area contributed by atoms with Gasteiger partial charge in [-0.2, -0.15) is 0 Å². The van der Waals surface area contributed by atoms with Gasteiger partial charge in [-0.05, 0) is 37.9 Å². The second kappa shape index (κ2) is 4.07. The maximum atomic E-state index is 10.9. The van der Waals surface area contributed by atoms with E-state index < -0.39 is 7.60 Å². The summed E-state index contributed by atoms with van der Waals surface area (Å²) in [6, 6.07) is 0. The maximum Gasteiger partial charge on any atom is 0.326 e. The first-order chi connectivity index (χ1) is 5.97. The van der Waals surface area contributed by atoms with Crippen molar-refractivity contribution in [1.82, 2.24) is 5.32 Å². The van der Waals surface area contributed by atoms with Crippen molar-refractivity contribution in [2.45, 2.75) is 12.8 Å². The maximum absolute atomic E-state index is 10.9. The van der Waals surface area contributed by atoms with Crippen LogP contribution in [0.3, 0.4) is 0 Å². The molecule has 0 saturated carbocycles. The highest BCUT2D eigenvalue weighted by Gasteiger charge is 2.36. The van der Waals surface area contributed by atoms with Gasteiger partial charge in [0.2, 0.25) is 0 Å². The zero-order chi connectivity index (χ0) is 9.95. The second-order valence-corrected chi connectivity index (χ2v) is 5.42. The Hall–Kier alpha value is 0.0700. The van der Waals surface area contributed by atoms with Crippen molar-refractivity contribution in [3.63, 3.8) is 0 Å². The summed E-state index contributed by atoms with van der Waals surface area (Å²) < 4.78 is 10.9. The third-order valence-corrected chi connectivity index (χ3v) is 3.72. The fourth-order valence-electron chi connectivity index (χ4n) is 1.82. The summed E-state index contributed by atoms with van der Waals surface area (Å²) in [7, 11) is -3.92. The molecule has 0 spiro atoms. The molecule has 1 rings (SSSR count). The van der Waals surface area contributed by atoms with Crippen LogP contribution in [0.4, 0.5) is 0 Å². The predicted octanol–water partition coefficient (Wildman–Crippen LogP) is -0.507. The van der Waals surface area contributed by atoms with Crippen LogP contribution in [-0.2, 0) is 4.57 Å². The molecular formula is C7H17N2O3P. The van der Waals surface area contributed by atoms with Crippen LogP contribution in [0.1, 0.15) is 12.8 Å². The Kier molecular flexibility index (Phi) is 3.49. The van der Waals surface area contributed by atoms with E-state index in [1.807, 2.05) is 0 Å². The molecule has 0 radical (unpaired) electrons. The molecule has 0 atom stereocenters. The van der Waals surface area contributed by atoms with Gasteiger partial charge >= 0.3 is 7.60 Å². The monoisotopic (exact) mass is 208 g/mol. The number of rotatable bonds is 3. The Morgan fingerprint density at radius 3 is 2.31 bits per heavy atom.